The summed E-state index contributed by atoms with van der Waals surface area (Å²) in [6.45, 7) is 0.543. The molecule has 0 unspecified atom stereocenters. The third-order valence-corrected chi connectivity index (χ3v) is 2.09. The number of urea groups is 1. The van der Waals surface area contributed by atoms with Crippen LogP contribution in [-0.4, -0.2) is 6.03 Å². The van der Waals surface area contributed by atoms with Crippen molar-refractivity contribution in [2.45, 2.75) is 6.54 Å². The van der Waals surface area contributed by atoms with Gasteiger partial charge in [0, 0.05) is 6.54 Å². The second-order valence-electron chi connectivity index (χ2n) is 2.58. The first-order chi connectivity index (χ1) is 5.77. The average Bonchev–Trinajstić information content (AvgIpc) is 2.07. The Morgan fingerprint density at radius 1 is 1.42 bits per heavy atom. The molecule has 0 saturated carbocycles. The SMILES string of the molecule is O=C1NCc2cccc(Cl)c2N1. The van der Waals surface area contributed by atoms with E-state index < -0.39 is 0 Å². The fraction of sp³-hybridized carbons (Fsp3) is 0.125. The summed E-state index contributed by atoms with van der Waals surface area (Å²) in [4.78, 5) is 10.9. The van der Waals surface area contributed by atoms with Crippen LogP contribution in [0.3, 0.4) is 0 Å². The van der Waals surface area contributed by atoms with E-state index in [0.717, 1.165) is 11.3 Å². The van der Waals surface area contributed by atoms with Gasteiger partial charge < -0.3 is 10.6 Å². The molecular weight excluding hydrogens is 176 g/mol. The molecule has 0 bridgehead atoms. The summed E-state index contributed by atoms with van der Waals surface area (Å²) >= 11 is 5.86. The summed E-state index contributed by atoms with van der Waals surface area (Å²) in [5.41, 5.74) is 1.74. The van der Waals surface area contributed by atoms with E-state index in [1.807, 2.05) is 12.1 Å². The van der Waals surface area contributed by atoms with E-state index in [-0.39, 0.29) is 6.03 Å². The fourth-order valence-corrected chi connectivity index (χ4v) is 1.43. The maximum Gasteiger partial charge on any atom is 0.319 e. The van der Waals surface area contributed by atoms with Crippen molar-refractivity contribution >= 4 is 23.3 Å². The van der Waals surface area contributed by atoms with E-state index in [1.54, 1.807) is 6.07 Å². The van der Waals surface area contributed by atoms with Gasteiger partial charge in [-0.05, 0) is 11.6 Å². The van der Waals surface area contributed by atoms with Gasteiger partial charge in [-0.2, -0.15) is 0 Å². The van der Waals surface area contributed by atoms with Crippen LogP contribution in [0.4, 0.5) is 10.5 Å². The number of benzene rings is 1. The number of hydrogen-bond acceptors (Lipinski definition) is 1. The molecule has 0 saturated heterocycles. The summed E-state index contributed by atoms with van der Waals surface area (Å²) in [7, 11) is 0. The van der Waals surface area contributed by atoms with E-state index in [0.29, 0.717) is 11.6 Å². The van der Waals surface area contributed by atoms with Crippen molar-refractivity contribution in [3.8, 4) is 0 Å². The van der Waals surface area contributed by atoms with E-state index >= 15 is 0 Å². The van der Waals surface area contributed by atoms with Crippen LogP contribution in [0, 0.1) is 0 Å². The van der Waals surface area contributed by atoms with Gasteiger partial charge in [0.15, 0.2) is 0 Å². The molecule has 0 fully saturated rings. The Morgan fingerprint density at radius 2 is 2.25 bits per heavy atom. The largest absolute Gasteiger partial charge is 0.334 e. The Bertz CT molecular complexity index is 338. The van der Waals surface area contributed by atoms with E-state index in [4.69, 9.17) is 11.6 Å². The zero-order chi connectivity index (χ0) is 8.55. The molecule has 12 heavy (non-hydrogen) atoms. The van der Waals surface area contributed by atoms with Gasteiger partial charge in [0.1, 0.15) is 0 Å². The van der Waals surface area contributed by atoms with Crippen LogP contribution in [0.1, 0.15) is 5.56 Å². The second kappa shape index (κ2) is 2.68. The van der Waals surface area contributed by atoms with Gasteiger partial charge in [-0.15, -0.1) is 0 Å². The predicted octanol–water partition coefficient (Wildman–Crippen LogP) is 1.98. The zero-order valence-corrected chi connectivity index (χ0v) is 6.98. The molecule has 1 aromatic rings. The van der Waals surface area contributed by atoms with Crippen molar-refractivity contribution in [3.05, 3.63) is 28.8 Å². The number of rotatable bonds is 0. The molecule has 0 aromatic heterocycles. The monoisotopic (exact) mass is 182 g/mol. The standard InChI is InChI=1S/C8H7ClN2O/c9-6-3-1-2-5-4-10-8(12)11-7(5)6/h1-3H,4H2,(H2,10,11,12). The quantitative estimate of drug-likeness (QED) is 0.633. The minimum absolute atomic E-state index is 0.199. The highest BCUT2D eigenvalue weighted by atomic mass is 35.5. The second-order valence-corrected chi connectivity index (χ2v) is 2.99. The number of para-hydroxylation sites is 1. The van der Waals surface area contributed by atoms with Crippen molar-refractivity contribution in [2.24, 2.45) is 0 Å². The number of carbonyl (C=O) groups is 1. The third-order valence-electron chi connectivity index (χ3n) is 1.78. The Hall–Kier alpha value is -1.22. The summed E-state index contributed by atoms with van der Waals surface area (Å²) < 4.78 is 0. The zero-order valence-electron chi connectivity index (χ0n) is 6.23. The van der Waals surface area contributed by atoms with E-state index in [1.165, 1.54) is 0 Å². The smallest absolute Gasteiger partial charge is 0.319 e. The van der Waals surface area contributed by atoms with Crippen LogP contribution in [0.15, 0.2) is 18.2 Å². The van der Waals surface area contributed by atoms with Crippen LogP contribution in [0.2, 0.25) is 5.02 Å². The molecule has 3 nitrogen and oxygen atoms in total. The van der Waals surface area contributed by atoms with Crippen LogP contribution in [0.25, 0.3) is 0 Å². The first-order valence-electron chi connectivity index (χ1n) is 3.59. The first kappa shape index (κ1) is 7.43. The molecule has 2 amide bonds. The lowest BCUT2D eigenvalue weighted by Crippen LogP contribution is -2.33. The van der Waals surface area contributed by atoms with Gasteiger partial charge in [0.05, 0.1) is 10.7 Å². The lowest BCUT2D eigenvalue weighted by molar-refractivity contribution is 0.251. The molecule has 2 rings (SSSR count). The van der Waals surface area contributed by atoms with Crippen molar-refractivity contribution in [2.75, 3.05) is 5.32 Å². The summed E-state index contributed by atoms with van der Waals surface area (Å²) in [5.74, 6) is 0. The number of anilines is 1. The highest BCUT2D eigenvalue weighted by molar-refractivity contribution is 6.34. The van der Waals surface area contributed by atoms with Crippen molar-refractivity contribution in [3.63, 3.8) is 0 Å². The molecule has 1 aliphatic rings. The summed E-state index contributed by atoms with van der Waals surface area (Å²) in [6, 6.07) is 5.34. The van der Waals surface area contributed by atoms with Gasteiger partial charge in [0.2, 0.25) is 0 Å². The lowest BCUT2D eigenvalue weighted by atomic mass is 10.1. The number of hydrogen-bond donors (Lipinski definition) is 2. The molecular formula is C8H7ClN2O. The Labute approximate surface area is 74.7 Å². The fourth-order valence-electron chi connectivity index (χ4n) is 1.19. The topological polar surface area (TPSA) is 41.1 Å². The molecule has 0 spiro atoms. The Morgan fingerprint density at radius 3 is 3.08 bits per heavy atom. The minimum Gasteiger partial charge on any atom is -0.334 e. The van der Waals surface area contributed by atoms with Crippen molar-refractivity contribution in [1.29, 1.82) is 0 Å². The number of nitrogens with one attached hydrogen (secondary N) is 2. The molecule has 0 atom stereocenters. The maximum atomic E-state index is 10.9. The Kier molecular flexibility index (Phi) is 1.66. The minimum atomic E-state index is -0.199. The lowest BCUT2D eigenvalue weighted by Gasteiger charge is -2.18. The Balaban J connectivity index is 2.50. The number of halogens is 1. The van der Waals surface area contributed by atoms with Crippen molar-refractivity contribution < 1.29 is 4.79 Å². The number of amides is 2. The van der Waals surface area contributed by atoms with Crippen LogP contribution >= 0.6 is 11.6 Å². The van der Waals surface area contributed by atoms with Gasteiger partial charge in [-0.3, -0.25) is 0 Å². The number of carbonyl (C=O) groups excluding carboxylic acids is 1. The molecule has 1 aromatic carbocycles. The van der Waals surface area contributed by atoms with Gasteiger partial charge >= 0.3 is 6.03 Å². The average molecular weight is 183 g/mol. The summed E-state index contributed by atoms with van der Waals surface area (Å²) in [5, 5.41) is 5.89. The third kappa shape index (κ3) is 1.12. The molecule has 4 heteroatoms. The molecule has 1 heterocycles. The van der Waals surface area contributed by atoms with Gasteiger partial charge in [0.25, 0.3) is 0 Å². The highest BCUT2D eigenvalue weighted by Gasteiger charge is 2.15. The molecule has 0 aliphatic carbocycles. The van der Waals surface area contributed by atoms with E-state index in [9.17, 15) is 4.79 Å². The molecule has 1 aliphatic heterocycles. The molecule has 2 N–H and O–H groups in total. The van der Waals surface area contributed by atoms with Crippen LogP contribution in [0.5, 0.6) is 0 Å². The van der Waals surface area contributed by atoms with Gasteiger partial charge in [-0.25, -0.2) is 4.79 Å². The van der Waals surface area contributed by atoms with E-state index in [2.05, 4.69) is 10.6 Å². The van der Waals surface area contributed by atoms with Crippen LogP contribution in [-0.2, 0) is 6.54 Å². The first-order valence-corrected chi connectivity index (χ1v) is 3.97. The van der Waals surface area contributed by atoms with Crippen molar-refractivity contribution in [1.82, 2.24) is 5.32 Å². The normalized spacial score (nSPS) is 14.6. The maximum absolute atomic E-state index is 10.9. The van der Waals surface area contributed by atoms with Crippen LogP contribution < -0.4 is 10.6 Å². The highest BCUT2D eigenvalue weighted by Crippen LogP contribution is 2.27. The molecule has 62 valence electrons. The predicted molar refractivity (Wildman–Crippen MR) is 47.3 cm³/mol. The van der Waals surface area contributed by atoms with Gasteiger partial charge in [-0.1, -0.05) is 23.7 Å². The molecule has 0 radical (unpaired) electrons. The summed E-state index contributed by atoms with van der Waals surface area (Å²) in [6.07, 6.45) is 0. The number of fused-ring (bicyclic) bond motifs is 1.